The smallest absolute Gasteiger partial charge is 0.183 e. The van der Waals surface area contributed by atoms with Crippen LogP contribution in [-0.4, -0.2) is 26.3 Å². The van der Waals surface area contributed by atoms with Gasteiger partial charge in [0, 0.05) is 24.5 Å². The Balaban J connectivity index is 1.98. The van der Waals surface area contributed by atoms with Gasteiger partial charge in [-0.15, -0.1) is 0 Å². The molecule has 0 aromatic carbocycles. The summed E-state index contributed by atoms with van der Waals surface area (Å²) in [5, 5.41) is 8.17. The number of aromatic nitrogens is 4. The highest BCUT2D eigenvalue weighted by atomic mass is 15.4. The van der Waals surface area contributed by atoms with Gasteiger partial charge in [0.2, 0.25) is 0 Å². The van der Waals surface area contributed by atoms with E-state index in [1.165, 1.54) is 0 Å². The predicted octanol–water partition coefficient (Wildman–Crippen LogP) is 2.03. The van der Waals surface area contributed by atoms with Crippen molar-refractivity contribution >= 4 is 0 Å². The minimum Gasteiger partial charge on any atom is -0.305 e. The third-order valence-corrected chi connectivity index (χ3v) is 3.80. The number of nitrogens with one attached hydrogen (secondary N) is 1. The standard InChI is InChI=1S/C14H19N5/c1-3-10(2)12-14-17-13(11-5-4-6-15-9-11)18-19(14)8-7-16-12/h4-6,9-10,12,16H,3,7-8H2,1-2H3/t10-,12-/m0/s1. The van der Waals surface area contributed by atoms with Crippen LogP contribution in [0.25, 0.3) is 11.4 Å². The maximum atomic E-state index is 4.72. The summed E-state index contributed by atoms with van der Waals surface area (Å²) in [7, 11) is 0. The van der Waals surface area contributed by atoms with Crippen LogP contribution in [0.4, 0.5) is 0 Å². The summed E-state index contributed by atoms with van der Waals surface area (Å²) in [4.78, 5) is 8.85. The second-order valence-corrected chi connectivity index (χ2v) is 5.08. The Morgan fingerprint density at radius 3 is 3.16 bits per heavy atom. The molecular weight excluding hydrogens is 238 g/mol. The molecule has 0 radical (unpaired) electrons. The zero-order valence-corrected chi connectivity index (χ0v) is 11.4. The molecule has 19 heavy (non-hydrogen) atoms. The van der Waals surface area contributed by atoms with E-state index >= 15 is 0 Å². The molecular formula is C14H19N5. The van der Waals surface area contributed by atoms with E-state index in [0.717, 1.165) is 36.7 Å². The lowest BCUT2D eigenvalue weighted by Gasteiger charge is -2.27. The third kappa shape index (κ3) is 2.26. The van der Waals surface area contributed by atoms with E-state index < -0.39 is 0 Å². The van der Waals surface area contributed by atoms with Crippen LogP contribution in [0.5, 0.6) is 0 Å². The van der Waals surface area contributed by atoms with Gasteiger partial charge in [0.1, 0.15) is 5.82 Å². The molecule has 3 rings (SSSR count). The van der Waals surface area contributed by atoms with Gasteiger partial charge < -0.3 is 5.32 Å². The molecule has 2 aromatic rings. The monoisotopic (exact) mass is 257 g/mol. The van der Waals surface area contributed by atoms with Crippen LogP contribution in [0, 0.1) is 5.92 Å². The molecule has 3 heterocycles. The van der Waals surface area contributed by atoms with Gasteiger partial charge in [0.05, 0.1) is 12.6 Å². The van der Waals surface area contributed by atoms with Gasteiger partial charge in [0.15, 0.2) is 5.82 Å². The number of pyridine rings is 1. The largest absolute Gasteiger partial charge is 0.305 e. The number of hydrogen-bond donors (Lipinski definition) is 1. The summed E-state index contributed by atoms with van der Waals surface area (Å²) in [5.74, 6) is 2.39. The summed E-state index contributed by atoms with van der Waals surface area (Å²) in [6, 6.07) is 4.22. The van der Waals surface area contributed by atoms with Gasteiger partial charge in [-0.05, 0) is 18.1 Å². The average molecular weight is 257 g/mol. The predicted molar refractivity (Wildman–Crippen MR) is 73.5 cm³/mol. The van der Waals surface area contributed by atoms with Crippen molar-refractivity contribution in [3.05, 3.63) is 30.4 Å². The molecule has 0 saturated carbocycles. The highest BCUT2D eigenvalue weighted by molar-refractivity contribution is 5.52. The van der Waals surface area contributed by atoms with Gasteiger partial charge in [-0.2, -0.15) is 5.10 Å². The van der Waals surface area contributed by atoms with Gasteiger partial charge >= 0.3 is 0 Å². The topological polar surface area (TPSA) is 55.6 Å². The van der Waals surface area contributed by atoms with E-state index in [4.69, 9.17) is 4.98 Å². The fourth-order valence-corrected chi connectivity index (χ4v) is 2.47. The van der Waals surface area contributed by atoms with E-state index in [2.05, 4.69) is 29.2 Å². The summed E-state index contributed by atoms with van der Waals surface area (Å²) in [6.07, 6.45) is 4.71. The molecule has 1 aliphatic heterocycles. The number of hydrogen-bond acceptors (Lipinski definition) is 4. The quantitative estimate of drug-likeness (QED) is 0.914. The highest BCUT2D eigenvalue weighted by Crippen LogP contribution is 2.27. The molecule has 0 spiro atoms. The molecule has 0 amide bonds. The molecule has 0 bridgehead atoms. The zero-order chi connectivity index (χ0) is 13.2. The first-order valence-electron chi connectivity index (χ1n) is 6.88. The van der Waals surface area contributed by atoms with E-state index in [9.17, 15) is 0 Å². The zero-order valence-electron chi connectivity index (χ0n) is 11.4. The van der Waals surface area contributed by atoms with Crippen LogP contribution in [0.1, 0.15) is 32.1 Å². The van der Waals surface area contributed by atoms with Crippen LogP contribution in [0.2, 0.25) is 0 Å². The summed E-state index contributed by atoms with van der Waals surface area (Å²) in [6.45, 7) is 6.31. The normalized spacial score (nSPS) is 20.0. The number of rotatable bonds is 3. The first-order valence-corrected chi connectivity index (χ1v) is 6.88. The maximum Gasteiger partial charge on any atom is 0.183 e. The lowest BCUT2D eigenvalue weighted by molar-refractivity contribution is 0.305. The first kappa shape index (κ1) is 12.3. The third-order valence-electron chi connectivity index (χ3n) is 3.80. The molecule has 100 valence electrons. The van der Waals surface area contributed by atoms with Crippen molar-refractivity contribution in [2.45, 2.75) is 32.9 Å². The Hall–Kier alpha value is -1.75. The Bertz CT molecular complexity index is 548. The van der Waals surface area contributed by atoms with E-state index in [1.807, 2.05) is 23.0 Å². The Morgan fingerprint density at radius 2 is 2.42 bits per heavy atom. The molecule has 0 unspecified atom stereocenters. The van der Waals surface area contributed by atoms with Gasteiger partial charge in [0.25, 0.3) is 0 Å². The van der Waals surface area contributed by atoms with Crippen molar-refractivity contribution in [1.82, 2.24) is 25.1 Å². The Morgan fingerprint density at radius 1 is 1.53 bits per heavy atom. The van der Waals surface area contributed by atoms with Crippen LogP contribution in [0.3, 0.4) is 0 Å². The number of fused-ring (bicyclic) bond motifs is 1. The SMILES string of the molecule is CC[C@H](C)[C@@H]1NCCn2nc(-c3cccnc3)nc21. The first-order chi connectivity index (χ1) is 9.29. The summed E-state index contributed by atoms with van der Waals surface area (Å²) >= 11 is 0. The van der Waals surface area contributed by atoms with Gasteiger partial charge in [-0.1, -0.05) is 20.3 Å². The minimum atomic E-state index is 0.302. The lowest BCUT2D eigenvalue weighted by Crippen LogP contribution is -2.37. The second kappa shape index (κ2) is 5.09. The fourth-order valence-electron chi connectivity index (χ4n) is 2.47. The van der Waals surface area contributed by atoms with Crippen LogP contribution in [0.15, 0.2) is 24.5 Å². The fraction of sp³-hybridized carbons (Fsp3) is 0.500. The molecule has 0 saturated heterocycles. The van der Waals surface area contributed by atoms with Gasteiger partial charge in [-0.25, -0.2) is 9.67 Å². The molecule has 2 aromatic heterocycles. The van der Waals surface area contributed by atoms with Crippen molar-refractivity contribution in [3.8, 4) is 11.4 Å². The van der Waals surface area contributed by atoms with E-state index in [-0.39, 0.29) is 0 Å². The van der Waals surface area contributed by atoms with Gasteiger partial charge in [-0.3, -0.25) is 4.98 Å². The van der Waals surface area contributed by atoms with E-state index in [1.54, 1.807) is 6.20 Å². The van der Waals surface area contributed by atoms with Crippen molar-refractivity contribution in [2.75, 3.05) is 6.54 Å². The molecule has 0 aliphatic carbocycles. The molecule has 5 nitrogen and oxygen atoms in total. The summed E-state index contributed by atoms with van der Waals surface area (Å²) in [5.41, 5.74) is 0.979. The molecule has 2 atom stereocenters. The Kier molecular flexibility index (Phi) is 3.29. The van der Waals surface area contributed by atoms with Crippen molar-refractivity contribution in [3.63, 3.8) is 0 Å². The lowest BCUT2D eigenvalue weighted by atomic mass is 9.97. The molecule has 5 heteroatoms. The Labute approximate surface area is 113 Å². The number of nitrogens with zero attached hydrogens (tertiary/aromatic N) is 4. The molecule has 1 N–H and O–H groups in total. The second-order valence-electron chi connectivity index (χ2n) is 5.08. The van der Waals surface area contributed by atoms with Crippen molar-refractivity contribution in [2.24, 2.45) is 5.92 Å². The van der Waals surface area contributed by atoms with Crippen LogP contribution in [-0.2, 0) is 6.54 Å². The minimum absolute atomic E-state index is 0.302. The van der Waals surface area contributed by atoms with Crippen LogP contribution >= 0.6 is 0 Å². The van der Waals surface area contributed by atoms with Crippen molar-refractivity contribution in [1.29, 1.82) is 0 Å². The molecule has 1 aliphatic rings. The van der Waals surface area contributed by atoms with Crippen LogP contribution < -0.4 is 5.32 Å². The molecule has 0 fully saturated rings. The van der Waals surface area contributed by atoms with E-state index in [0.29, 0.717) is 12.0 Å². The summed E-state index contributed by atoms with van der Waals surface area (Å²) < 4.78 is 2.04. The highest BCUT2D eigenvalue weighted by Gasteiger charge is 2.27. The maximum absolute atomic E-state index is 4.72. The van der Waals surface area contributed by atoms with Crippen molar-refractivity contribution < 1.29 is 0 Å². The average Bonchev–Trinajstić information content (AvgIpc) is 2.91.